The minimum Gasteiger partial charge on any atom is -0.395 e. The van der Waals surface area contributed by atoms with Crippen LogP contribution in [0.1, 0.15) is 25.7 Å². The molecule has 2 fully saturated rings. The summed E-state index contributed by atoms with van der Waals surface area (Å²) >= 11 is 8.93. The Kier molecular flexibility index (Phi) is 3.97. The maximum atomic E-state index is 14.2. The summed E-state index contributed by atoms with van der Waals surface area (Å²) in [5.74, 6) is -0.221. The van der Waals surface area contributed by atoms with Crippen molar-refractivity contribution in [3.8, 4) is 0 Å². The van der Waals surface area contributed by atoms with Gasteiger partial charge in [0.1, 0.15) is 4.90 Å². The molecule has 0 saturated heterocycles. The third-order valence-corrected chi connectivity index (χ3v) is 6.84. The molecular formula is C13H15BrClFN2O2S. The number of nitrogens with one attached hydrogen (secondary N) is 1. The van der Waals surface area contributed by atoms with Crippen molar-refractivity contribution in [3.63, 3.8) is 0 Å². The predicted molar refractivity (Wildman–Crippen MR) is 83.1 cm³/mol. The average molecular weight is 398 g/mol. The summed E-state index contributed by atoms with van der Waals surface area (Å²) in [6, 6.07) is 0.995. The van der Waals surface area contributed by atoms with Crippen molar-refractivity contribution in [1.82, 2.24) is 4.72 Å². The van der Waals surface area contributed by atoms with E-state index in [0.717, 1.165) is 31.7 Å². The van der Waals surface area contributed by atoms with Gasteiger partial charge in [-0.2, -0.15) is 0 Å². The van der Waals surface area contributed by atoms with Gasteiger partial charge in [-0.1, -0.05) is 11.6 Å². The van der Waals surface area contributed by atoms with Gasteiger partial charge in [0.05, 0.1) is 15.2 Å². The lowest BCUT2D eigenvalue weighted by atomic mass is 10.1. The Morgan fingerprint density at radius 2 is 1.86 bits per heavy atom. The maximum Gasteiger partial charge on any atom is 0.243 e. The molecule has 2 aliphatic carbocycles. The van der Waals surface area contributed by atoms with Crippen molar-refractivity contribution in [3.05, 3.63) is 21.4 Å². The Labute approximate surface area is 136 Å². The van der Waals surface area contributed by atoms with Crippen LogP contribution in [0.25, 0.3) is 0 Å². The Morgan fingerprint density at radius 3 is 2.33 bits per heavy atom. The summed E-state index contributed by atoms with van der Waals surface area (Å²) in [6.07, 6.45) is 4.09. The summed E-state index contributed by atoms with van der Waals surface area (Å²) in [6.45, 7) is 0. The predicted octanol–water partition coefficient (Wildman–Crippen LogP) is 3.29. The van der Waals surface area contributed by atoms with Crippen LogP contribution in [-0.2, 0) is 10.0 Å². The summed E-state index contributed by atoms with van der Waals surface area (Å²) in [4.78, 5) is -0.487. The lowest BCUT2D eigenvalue weighted by molar-refractivity contribution is 0.468. The molecule has 0 radical (unpaired) electrons. The van der Waals surface area contributed by atoms with Crippen LogP contribution in [0.15, 0.2) is 15.4 Å². The van der Waals surface area contributed by atoms with Gasteiger partial charge in [-0.15, -0.1) is 0 Å². The van der Waals surface area contributed by atoms with Gasteiger partial charge < -0.3 is 5.73 Å². The lowest BCUT2D eigenvalue weighted by Crippen LogP contribution is -2.38. The number of anilines is 1. The first-order chi connectivity index (χ1) is 9.81. The highest BCUT2D eigenvalue weighted by Gasteiger charge is 2.44. The van der Waals surface area contributed by atoms with E-state index in [-0.39, 0.29) is 21.2 Å². The molecule has 0 atom stereocenters. The Balaban J connectivity index is 1.94. The molecule has 0 aromatic heterocycles. The highest BCUT2D eigenvalue weighted by atomic mass is 79.9. The molecule has 3 rings (SSSR count). The average Bonchev–Trinajstić information content (AvgIpc) is 3.28. The van der Waals surface area contributed by atoms with E-state index in [9.17, 15) is 12.8 Å². The molecule has 4 nitrogen and oxygen atoms in total. The molecule has 0 bridgehead atoms. The molecule has 116 valence electrons. The van der Waals surface area contributed by atoms with Crippen molar-refractivity contribution in [1.29, 1.82) is 0 Å². The number of benzene rings is 1. The second kappa shape index (κ2) is 5.37. The molecule has 1 aromatic rings. The highest BCUT2D eigenvalue weighted by Crippen LogP contribution is 2.45. The third kappa shape index (κ3) is 3.06. The zero-order chi connectivity index (χ0) is 15.4. The van der Waals surface area contributed by atoms with E-state index < -0.39 is 20.7 Å². The van der Waals surface area contributed by atoms with Crippen LogP contribution < -0.4 is 10.5 Å². The minimum atomic E-state index is -3.97. The first kappa shape index (κ1) is 15.5. The number of rotatable bonds is 5. The Morgan fingerprint density at radius 1 is 1.33 bits per heavy atom. The van der Waals surface area contributed by atoms with Gasteiger partial charge >= 0.3 is 0 Å². The first-order valence-electron chi connectivity index (χ1n) is 6.76. The van der Waals surface area contributed by atoms with E-state index in [1.165, 1.54) is 0 Å². The second-order valence-corrected chi connectivity index (χ2v) is 8.60. The number of nitrogen functional groups attached to an aromatic ring is 1. The quantitative estimate of drug-likeness (QED) is 0.591. The maximum absolute atomic E-state index is 14.2. The molecular weight excluding hydrogens is 383 g/mol. The largest absolute Gasteiger partial charge is 0.395 e. The fourth-order valence-corrected chi connectivity index (χ4v) is 4.58. The van der Waals surface area contributed by atoms with Crippen molar-refractivity contribution in [2.24, 2.45) is 11.8 Å². The number of sulfonamides is 1. The van der Waals surface area contributed by atoms with Crippen LogP contribution in [0.2, 0.25) is 5.02 Å². The molecule has 21 heavy (non-hydrogen) atoms. The number of hydrogen-bond donors (Lipinski definition) is 2. The van der Waals surface area contributed by atoms with E-state index in [1.807, 2.05) is 0 Å². The number of nitrogens with two attached hydrogens (primary N) is 1. The van der Waals surface area contributed by atoms with Crippen LogP contribution in [0.5, 0.6) is 0 Å². The fraction of sp³-hybridized carbons (Fsp3) is 0.538. The van der Waals surface area contributed by atoms with E-state index in [0.29, 0.717) is 11.8 Å². The summed E-state index contributed by atoms with van der Waals surface area (Å²) < 4.78 is 41.9. The SMILES string of the molecule is Nc1c(F)c(S(=O)(=O)NC(C2CC2)C2CC2)cc(Cl)c1Br. The van der Waals surface area contributed by atoms with Crippen LogP contribution in [0.3, 0.4) is 0 Å². The lowest BCUT2D eigenvalue weighted by Gasteiger charge is -2.18. The zero-order valence-corrected chi connectivity index (χ0v) is 14.2. The van der Waals surface area contributed by atoms with Gasteiger partial charge in [0.25, 0.3) is 0 Å². The van der Waals surface area contributed by atoms with E-state index in [4.69, 9.17) is 17.3 Å². The van der Waals surface area contributed by atoms with Gasteiger partial charge in [0.15, 0.2) is 5.82 Å². The molecule has 3 N–H and O–H groups in total. The van der Waals surface area contributed by atoms with Gasteiger partial charge in [0.2, 0.25) is 10.0 Å². The Bertz CT molecular complexity index is 678. The second-order valence-electron chi connectivity index (χ2n) is 5.72. The number of hydrogen-bond acceptors (Lipinski definition) is 3. The molecule has 1 aromatic carbocycles. The standard InChI is InChI=1S/C13H15BrClFN2O2S/c14-10-8(15)5-9(11(16)12(10)17)21(19,20)18-13(6-1-2-6)7-3-4-7/h5-7,13,18H,1-4,17H2. The molecule has 0 spiro atoms. The molecule has 0 unspecified atom stereocenters. The van der Waals surface area contributed by atoms with Gasteiger partial charge in [-0.25, -0.2) is 17.5 Å². The topological polar surface area (TPSA) is 72.2 Å². The first-order valence-corrected chi connectivity index (χ1v) is 9.42. The van der Waals surface area contributed by atoms with Crippen molar-refractivity contribution < 1.29 is 12.8 Å². The third-order valence-electron chi connectivity index (χ3n) is 4.00. The molecule has 0 amide bonds. The smallest absolute Gasteiger partial charge is 0.243 e. The normalized spacial score (nSPS) is 19.2. The molecule has 0 aliphatic heterocycles. The van der Waals surface area contributed by atoms with Crippen LogP contribution in [-0.4, -0.2) is 14.5 Å². The van der Waals surface area contributed by atoms with Crippen molar-refractivity contribution >= 4 is 43.2 Å². The van der Waals surface area contributed by atoms with E-state index >= 15 is 0 Å². The van der Waals surface area contributed by atoms with Crippen LogP contribution in [0.4, 0.5) is 10.1 Å². The summed E-state index contributed by atoms with van der Waals surface area (Å²) in [5.41, 5.74) is 5.26. The minimum absolute atomic E-state index is 0.0728. The van der Waals surface area contributed by atoms with E-state index in [2.05, 4.69) is 20.7 Å². The summed E-state index contributed by atoms with van der Waals surface area (Å²) in [7, 11) is -3.97. The zero-order valence-electron chi connectivity index (χ0n) is 11.1. The van der Waals surface area contributed by atoms with Gasteiger partial charge in [-0.3, -0.25) is 0 Å². The summed E-state index contributed by atoms with van der Waals surface area (Å²) in [5, 5.41) is 0.0728. The van der Waals surface area contributed by atoms with Crippen molar-refractivity contribution in [2.45, 2.75) is 36.6 Å². The van der Waals surface area contributed by atoms with Gasteiger partial charge in [0, 0.05) is 6.04 Å². The molecule has 2 saturated carbocycles. The Hall–Kier alpha value is -0.370. The van der Waals surface area contributed by atoms with Crippen LogP contribution in [0, 0.1) is 17.7 Å². The molecule has 8 heteroatoms. The number of halogens is 3. The molecule has 0 heterocycles. The fourth-order valence-electron chi connectivity index (χ4n) is 2.53. The van der Waals surface area contributed by atoms with Crippen molar-refractivity contribution in [2.75, 3.05) is 5.73 Å². The van der Waals surface area contributed by atoms with E-state index in [1.54, 1.807) is 0 Å². The molecule has 2 aliphatic rings. The van der Waals surface area contributed by atoms with Gasteiger partial charge in [-0.05, 0) is 59.5 Å². The van der Waals surface area contributed by atoms with Crippen LogP contribution >= 0.6 is 27.5 Å². The monoisotopic (exact) mass is 396 g/mol. The highest BCUT2D eigenvalue weighted by molar-refractivity contribution is 9.10.